The first-order chi connectivity index (χ1) is 9.79. The van der Waals surface area contributed by atoms with Crippen LogP contribution in [0.25, 0.3) is 0 Å². The molecule has 0 aromatic heterocycles. The quantitative estimate of drug-likeness (QED) is 0.830. The molecule has 0 spiro atoms. The largest absolute Gasteiger partial charge is 0.395 e. The molecule has 116 valence electrons. The predicted molar refractivity (Wildman–Crippen MR) is 80.5 cm³/mol. The zero-order chi connectivity index (χ0) is 14.2. The van der Waals surface area contributed by atoms with Gasteiger partial charge in [-0.3, -0.25) is 9.69 Å². The highest BCUT2D eigenvalue weighted by atomic mass is 16.3. The fraction of sp³-hybridized carbons (Fsp3) is 0.938. The lowest BCUT2D eigenvalue weighted by molar-refractivity contribution is -0.124. The van der Waals surface area contributed by atoms with Gasteiger partial charge in [-0.05, 0) is 32.2 Å². The van der Waals surface area contributed by atoms with Crippen molar-refractivity contribution in [3.63, 3.8) is 0 Å². The van der Waals surface area contributed by atoms with Crippen LogP contribution >= 0.6 is 0 Å². The molecule has 1 amide bonds. The maximum Gasteiger partial charge on any atom is 0.234 e. The lowest BCUT2D eigenvalue weighted by atomic mass is 9.96. The number of hydrogen-bond donors (Lipinski definition) is 2. The molecule has 4 heteroatoms. The van der Waals surface area contributed by atoms with Gasteiger partial charge in [-0.1, -0.05) is 38.5 Å². The van der Waals surface area contributed by atoms with Gasteiger partial charge in [0, 0.05) is 12.1 Å². The molecule has 1 unspecified atom stereocenters. The first-order valence-electron chi connectivity index (χ1n) is 8.44. The average Bonchev–Trinajstić information content (AvgIpc) is 2.42. The van der Waals surface area contributed by atoms with Crippen LogP contribution in [-0.4, -0.2) is 47.7 Å². The maximum atomic E-state index is 12.2. The SMILES string of the molecule is O=C(CN1CCCCC1CO)NC1CCCCCCC1. The Morgan fingerprint density at radius 2 is 1.65 bits per heavy atom. The van der Waals surface area contributed by atoms with Gasteiger partial charge in [0.25, 0.3) is 0 Å². The van der Waals surface area contributed by atoms with Crippen molar-refractivity contribution >= 4 is 5.91 Å². The Balaban J connectivity index is 1.75. The third-order valence-electron chi connectivity index (χ3n) is 4.78. The monoisotopic (exact) mass is 282 g/mol. The minimum atomic E-state index is 0.149. The minimum Gasteiger partial charge on any atom is -0.395 e. The molecule has 1 saturated carbocycles. The normalized spacial score (nSPS) is 26.8. The lowest BCUT2D eigenvalue weighted by Crippen LogP contribution is -2.48. The molecule has 0 aromatic carbocycles. The van der Waals surface area contributed by atoms with Crippen LogP contribution in [0.2, 0.25) is 0 Å². The van der Waals surface area contributed by atoms with Crippen molar-refractivity contribution in [1.29, 1.82) is 0 Å². The number of hydrogen-bond acceptors (Lipinski definition) is 3. The second kappa shape index (κ2) is 8.63. The van der Waals surface area contributed by atoms with Gasteiger partial charge in [0.05, 0.1) is 13.2 Å². The highest BCUT2D eigenvalue weighted by molar-refractivity contribution is 5.78. The predicted octanol–water partition coefficient (Wildman–Crippen LogP) is 2.06. The Kier molecular flexibility index (Phi) is 6.80. The van der Waals surface area contributed by atoms with Gasteiger partial charge < -0.3 is 10.4 Å². The van der Waals surface area contributed by atoms with E-state index in [0.717, 1.165) is 32.2 Å². The van der Waals surface area contributed by atoms with E-state index in [2.05, 4.69) is 10.2 Å². The molecule has 1 atom stereocenters. The molecule has 0 bridgehead atoms. The van der Waals surface area contributed by atoms with E-state index in [9.17, 15) is 9.90 Å². The number of aliphatic hydroxyl groups excluding tert-OH is 1. The third-order valence-corrected chi connectivity index (χ3v) is 4.78. The van der Waals surface area contributed by atoms with Crippen LogP contribution in [-0.2, 0) is 4.79 Å². The number of likely N-dealkylation sites (tertiary alicyclic amines) is 1. The smallest absolute Gasteiger partial charge is 0.234 e. The van der Waals surface area contributed by atoms with Gasteiger partial charge in [0.2, 0.25) is 5.91 Å². The number of carbonyl (C=O) groups is 1. The van der Waals surface area contributed by atoms with Crippen LogP contribution in [0.4, 0.5) is 0 Å². The molecular formula is C16H30N2O2. The van der Waals surface area contributed by atoms with Gasteiger partial charge >= 0.3 is 0 Å². The van der Waals surface area contributed by atoms with Crippen LogP contribution in [0.15, 0.2) is 0 Å². The van der Waals surface area contributed by atoms with E-state index >= 15 is 0 Å². The van der Waals surface area contributed by atoms with Crippen molar-refractivity contribution in [1.82, 2.24) is 10.2 Å². The fourth-order valence-corrected chi connectivity index (χ4v) is 3.53. The summed E-state index contributed by atoms with van der Waals surface area (Å²) in [6, 6.07) is 0.562. The summed E-state index contributed by atoms with van der Waals surface area (Å²) in [6.45, 7) is 1.59. The summed E-state index contributed by atoms with van der Waals surface area (Å²) in [5.41, 5.74) is 0. The van der Waals surface area contributed by atoms with E-state index in [1.54, 1.807) is 0 Å². The topological polar surface area (TPSA) is 52.6 Å². The van der Waals surface area contributed by atoms with E-state index in [4.69, 9.17) is 0 Å². The van der Waals surface area contributed by atoms with Gasteiger partial charge in [-0.2, -0.15) is 0 Å². The maximum absolute atomic E-state index is 12.2. The number of nitrogens with zero attached hydrogens (tertiary/aromatic N) is 1. The molecule has 1 aliphatic heterocycles. The number of piperidine rings is 1. The average molecular weight is 282 g/mol. The number of aliphatic hydroxyl groups is 1. The van der Waals surface area contributed by atoms with Gasteiger partial charge in [-0.25, -0.2) is 0 Å². The minimum absolute atomic E-state index is 0.149. The van der Waals surface area contributed by atoms with Crippen molar-refractivity contribution in [3.8, 4) is 0 Å². The molecule has 20 heavy (non-hydrogen) atoms. The van der Waals surface area contributed by atoms with E-state index < -0.39 is 0 Å². The summed E-state index contributed by atoms with van der Waals surface area (Å²) < 4.78 is 0. The summed E-state index contributed by atoms with van der Waals surface area (Å²) in [5, 5.41) is 12.6. The molecule has 0 radical (unpaired) electrons. The first kappa shape index (κ1) is 15.8. The highest BCUT2D eigenvalue weighted by Crippen LogP contribution is 2.18. The summed E-state index contributed by atoms with van der Waals surface area (Å²) in [7, 11) is 0. The highest BCUT2D eigenvalue weighted by Gasteiger charge is 2.24. The van der Waals surface area contributed by atoms with Gasteiger partial charge in [0.1, 0.15) is 0 Å². The molecule has 2 rings (SSSR count). The zero-order valence-corrected chi connectivity index (χ0v) is 12.6. The Labute approximate surface area is 122 Å². The number of rotatable bonds is 4. The number of carbonyl (C=O) groups excluding carboxylic acids is 1. The number of nitrogens with one attached hydrogen (secondary N) is 1. The van der Waals surface area contributed by atoms with E-state index in [0.29, 0.717) is 12.6 Å². The Morgan fingerprint density at radius 3 is 2.35 bits per heavy atom. The Morgan fingerprint density at radius 1 is 1.00 bits per heavy atom. The fourth-order valence-electron chi connectivity index (χ4n) is 3.53. The van der Waals surface area contributed by atoms with Crippen LogP contribution < -0.4 is 5.32 Å². The number of amides is 1. The van der Waals surface area contributed by atoms with Crippen LogP contribution in [0.1, 0.15) is 64.2 Å². The summed E-state index contributed by atoms with van der Waals surface area (Å²) in [5.74, 6) is 0.149. The van der Waals surface area contributed by atoms with Gasteiger partial charge in [0.15, 0.2) is 0 Å². The molecule has 1 heterocycles. The second-order valence-corrected chi connectivity index (χ2v) is 6.41. The van der Waals surface area contributed by atoms with Crippen molar-refractivity contribution in [2.75, 3.05) is 19.7 Å². The van der Waals surface area contributed by atoms with E-state index in [1.807, 2.05) is 0 Å². The van der Waals surface area contributed by atoms with Crippen molar-refractivity contribution < 1.29 is 9.90 Å². The third kappa shape index (κ3) is 5.06. The molecule has 4 nitrogen and oxygen atoms in total. The van der Waals surface area contributed by atoms with Crippen LogP contribution in [0, 0.1) is 0 Å². The Hall–Kier alpha value is -0.610. The summed E-state index contributed by atoms with van der Waals surface area (Å²) in [4.78, 5) is 14.4. The molecular weight excluding hydrogens is 252 g/mol. The molecule has 2 fully saturated rings. The van der Waals surface area contributed by atoms with Crippen LogP contribution in [0.3, 0.4) is 0 Å². The van der Waals surface area contributed by atoms with Crippen LogP contribution in [0.5, 0.6) is 0 Å². The van der Waals surface area contributed by atoms with E-state index in [-0.39, 0.29) is 18.6 Å². The zero-order valence-electron chi connectivity index (χ0n) is 12.6. The standard InChI is InChI=1S/C16H30N2O2/c19-13-15-10-6-7-11-18(15)12-16(20)17-14-8-4-2-1-3-5-9-14/h14-15,19H,1-13H2,(H,17,20). The molecule has 1 aliphatic carbocycles. The van der Waals surface area contributed by atoms with Gasteiger partial charge in [-0.15, -0.1) is 0 Å². The van der Waals surface area contributed by atoms with Crippen molar-refractivity contribution in [2.45, 2.75) is 76.3 Å². The van der Waals surface area contributed by atoms with Crippen molar-refractivity contribution in [2.24, 2.45) is 0 Å². The molecule has 2 aliphatic rings. The van der Waals surface area contributed by atoms with E-state index in [1.165, 1.54) is 38.5 Å². The van der Waals surface area contributed by atoms with Crippen molar-refractivity contribution in [3.05, 3.63) is 0 Å². The molecule has 2 N–H and O–H groups in total. The summed E-state index contributed by atoms with van der Waals surface area (Å²) >= 11 is 0. The first-order valence-corrected chi connectivity index (χ1v) is 8.44. The molecule has 1 saturated heterocycles. The second-order valence-electron chi connectivity index (χ2n) is 6.41. The molecule has 0 aromatic rings. The lowest BCUT2D eigenvalue weighted by Gasteiger charge is -2.34. The Bertz CT molecular complexity index is 288. The summed E-state index contributed by atoms with van der Waals surface area (Å²) in [6.07, 6.45) is 12.1.